The van der Waals surface area contributed by atoms with E-state index in [2.05, 4.69) is 80.5 Å². The maximum absolute atomic E-state index is 13.1. The van der Waals surface area contributed by atoms with Crippen molar-refractivity contribution in [1.29, 1.82) is 0 Å². The first-order valence-electron chi connectivity index (χ1n) is 16.5. The van der Waals surface area contributed by atoms with Gasteiger partial charge in [0.2, 0.25) is 5.91 Å². The lowest BCUT2D eigenvalue weighted by atomic mass is 9.86. The Morgan fingerprint density at radius 3 is 2.60 bits per heavy atom. The molecule has 2 unspecified atom stereocenters. The molecule has 9 nitrogen and oxygen atoms in total. The molecule has 3 atom stereocenters. The minimum Gasteiger partial charge on any atom is -0.387 e. The highest BCUT2D eigenvalue weighted by Crippen LogP contribution is 2.44. The zero-order chi connectivity index (χ0) is 34.8. The number of carbonyl (C=O) groups excluding carboxylic acids is 1. The van der Waals surface area contributed by atoms with Crippen LogP contribution in [0.3, 0.4) is 0 Å². The van der Waals surface area contributed by atoms with Gasteiger partial charge in [-0.15, -0.1) is 28.6 Å². The number of nitrogens with two attached hydrogens (primary N) is 1. The summed E-state index contributed by atoms with van der Waals surface area (Å²) >= 11 is 1.67. The maximum atomic E-state index is 13.1. The van der Waals surface area contributed by atoms with Gasteiger partial charge in [0.05, 0.1) is 18.9 Å². The Labute approximate surface area is 289 Å². The van der Waals surface area contributed by atoms with Crippen LogP contribution in [0.15, 0.2) is 72.6 Å². The maximum Gasteiger partial charge on any atom is 0.242 e. The number of amides is 1. The van der Waals surface area contributed by atoms with Crippen molar-refractivity contribution in [2.75, 3.05) is 39.5 Å². The highest BCUT2D eigenvalue weighted by atomic mass is 32.1. The molecular formula is C38H51N5O4S. The average molecular weight is 674 g/mol. The molecule has 0 aliphatic carbocycles. The molecule has 4 rings (SSSR count). The summed E-state index contributed by atoms with van der Waals surface area (Å²) in [6.07, 6.45) is 7.48. The fourth-order valence-electron chi connectivity index (χ4n) is 5.76. The number of amidine groups is 1. The Morgan fingerprint density at radius 2 is 1.96 bits per heavy atom. The molecule has 2 aliphatic heterocycles. The van der Waals surface area contributed by atoms with Crippen LogP contribution >= 0.6 is 11.3 Å². The van der Waals surface area contributed by atoms with Crippen LogP contribution in [0.5, 0.6) is 0 Å². The highest BCUT2D eigenvalue weighted by molar-refractivity contribution is 7.16. The van der Waals surface area contributed by atoms with Crippen molar-refractivity contribution in [2.45, 2.75) is 53.5 Å². The minimum atomic E-state index is -0.549. The number of aryl methyl sites for hydroxylation is 1. The summed E-state index contributed by atoms with van der Waals surface area (Å²) in [7, 11) is 0. The average Bonchev–Trinajstić information content (AvgIpc) is 3.62. The highest BCUT2D eigenvalue weighted by Gasteiger charge is 2.37. The van der Waals surface area contributed by atoms with Gasteiger partial charge in [-0.05, 0) is 53.9 Å². The molecule has 4 N–H and O–H groups in total. The second-order valence-electron chi connectivity index (χ2n) is 13.3. The summed E-state index contributed by atoms with van der Waals surface area (Å²) in [5.74, 6) is 0.742. The number of allylic oxidation sites excluding steroid dienone is 1. The Balaban J connectivity index is 1.24. The Morgan fingerprint density at radius 1 is 1.21 bits per heavy atom. The van der Waals surface area contributed by atoms with E-state index < -0.39 is 6.04 Å². The van der Waals surface area contributed by atoms with Crippen LogP contribution in [0.1, 0.15) is 60.7 Å². The Bertz CT molecular complexity index is 1560. The third kappa shape index (κ3) is 9.44. The third-order valence-electron chi connectivity index (χ3n) is 8.81. The van der Waals surface area contributed by atoms with E-state index in [1.54, 1.807) is 11.3 Å². The predicted molar refractivity (Wildman–Crippen MR) is 197 cm³/mol. The molecule has 1 amide bonds. The number of hydrogen-bond donors (Lipinski definition) is 3. The number of carbonyl (C=O) groups is 1. The number of nitrogens with zero attached hydrogens (tertiary/aromatic N) is 2. The molecule has 0 spiro atoms. The predicted octanol–water partition coefficient (Wildman–Crippen LogP) is 6.63. The zero-order valence-electron chi connectivity index (χ0n) is 29.1. The molecule has 0 radical (unpaired) electrons. The molecule has 2 aromatic rings. The molecule has 2 aliphatic rings. The lowest BCUT2D eigenvalue weighted by Crippen LogP contribution is -2.52. The molecule has 0 bridgehead atoms. The first-order chi connectivity index (χ1) is 23.0. The quantitative estimate of drug-likeness (QED) is 0.0604. The van der Waals surface area contributed by atoms with Gasteiger partial charge in [0, 0.05) is 42.4 Å². The summed E-state index contributed by atoms with van der Waals surface area (Å²) in [5.41, 5.74) is 18.6. The lowest BCUT2D eigenvalue weighted by Gasteiger charge is -2.32. The van der Waals surface area contributed by atoms with Gasteiger partial charge in [0.25, 0.3) is 0 Å². The number of fused-ring (bicyclic) bond motifs is 1. The van der Waals surface area contributed by atoms with Crippen LogP contribution in [0.4, 0.5) is 5.00 Å². The van der Waals surface area contributed by atoms with Gasteiger partial charge in [-0.3, -0.25) is 4.79 Å². The van der Waals surface area contributed by atoms with Crippen molar-refractivity contribution < 1.29 is 19.4 Å². The van der Waals surface area contributed by atoms with Crippen molar-refractivity contribution in [3.63, 3.8) is 0 Å². The zero-order valence-corrected chi connectivity index (χ0v) is 29.9. The fraction of sp³-hybridized carbons (Fsp3) is 0.447. The van der Waals surface area contributed by atoms with Gasteiger partial charge in [-0.25, -0.2) is 9.88 Å². The van der Waals surface area contributed by atoms with Crippen LogP contribution in [0.25, 0.3) is 11.6 Å². The fourth-order valence-corrected chi connectivity index (χ4v) is 6.82. The van der Waals surface area contributed by atoms with Crippen molar-refractivity contribution in [3.8, 4) is 0 Å². The molecule has 1 aromatic carbocycles. The molecular weight excluding hydrogens is 623 g/mol. The van der Waals surface area contributed by atoms with Gasteiger partial charge in [-0.1, -0.05) is 76.4 Å². The molecule has 1 saturated heterocycles. The number of nitrogens with one attached hydrogen (secondary N) is 2. The number of benzene rings is 1. The molecule has 10 heteroatoms. The largest absolute Gasteiger partial charge is 0.387 e. The SMILES string of the molecule is C=C=C(CC1C=C(c2ccc(C=C)cc2)c2c(sc(C)c2C)N=C1N)NCCOCCOONC(C(=O)N1CC[C@@H](C=C)C1)C(C)(C)C. The number of hydroxylamine groups is 1. The first kappa shape index (κ1) is 37.1. The lowest BCUT2D eigenvalue weighted by molar-refractivity contribution is -0.347. The summed E-state index contributed by atoms with van der Waals surface area (Å²) in [6.45, 7) is 24.8. The van der Waals surface area contributed by atoms with E-state index in [1.165, 1.54) is 10.4 Å². The number of likely N-dealkylation sites (tertiary alicyclic amines) is 1. The van der Waals surface area contributed by atoms with E-state index in [0.717, 1.165) is 39.4 Å². The molecule has 1 aromatic heterocycles. The van der Waals surface area contributed by atoms with E-state index in [9.17, 15) is 4.79 Å². The van der Waals surface area contributed by atoms with Crippen molar-refractivity contribution >= 4 is 39.7 Å². The standard InChI is InChI=1S/C38H51N5O4S/c1-9-27-12-14-29(15-13-27)32-23-30(35(39)41-36-33(32)25(4)26(5)48-36)22-31(11-3)40-17-19-45-20-21-46-47-42-34(38(6,7)8)37(44)43-18-16-28(10-2)24-43/h9-10,12-15,23,28,30,34,40,42H,1-3,16-22,24H2,4-8H3,(H2,39,41)/t28-,30?,34?/m1/s1. The Kier molecular flexibility index (Phi) is 13.2. The second-order valence-corrected chi connectivity index (χ2v) is 14.5. The monoisotopic (exact) mass is 673 g/mol. The normalized spacial score (nSPS) is 18.2. The third-order valence-corrected chi connectivity index (χ3v) is 9.91. The van der Waals surface area contributed by atoms with Gasteiger partial charge in [0.15, 0.2) is 0 Å². The summed E-state index contributed by atoms with van der Waals surface area (Å²) in [4.78, 5) is 31.6. The summed E-state index contributed by atoms with van der Waals surface area (Å²) in [5, 5.41) is 4.31. The molecule has 1 fully saturated rings. The van der Waals surface area contributed by atoms with E-state index >= 15 is 0 Å². The molecule has 0 saturated carbocycles. The summed E-state index contributed by atoms with van der Waals surface area (Å²) in [6, 6.07) is 7.84. The van der Waals surface area contributed by atoms with Gasteiger partial charge < -0.3 is 20.7 Å². The minimum absolute atomic E-state index is 0.00378. The molecule has 258 valence electrons. The van der Waals surface area contributed by atoms with Gasteiger partial charge in [-0.2, -0.15) is 5.48 Å². The molecule has 3 heterocycles. The van der Waals surface area contributed by atoms with E-state index in [4.69, 9.17) is 25.3 Å². The van der Waals surface area contributed by atoms with Crippen LogP contribution in [0, 0.1) is 31.1 Å². The summed E-state index contributed by atoms with van der Waals surface area (Å²) < 4.78 is 5.73. The number of thiophene rings is 1. The van der Waals surface area contributed by atoms with Gasteiger partial charge >= 0.3 is 0 Å². The number of ether oxygens (including phenoxy) is 1. The van der Waals surface area contributed by atoms with Crippen LogP contribution in [-0.2, 0) is 19.4 Å². The smallest absolute Gasteiger partial charge is 0.242 e. The van der Waals surface area contributed by atoms with Crippen LogP contribution in [-0.4, -0.2) is 62.1 Å². The second kappa shape index (κ2) is 17.1. The number of rotatable bonds is 16. The van der Waals surface area contributed by atoms with Gasteiger partial charge in [0.1, 0.15) is 23.5 Å². The molecule has 48 heavy (non-hydrogen) atoms. The Hall–Kier alpha value is -3.76. The topological polar surface area (TPSA) is 110 Å². The van der Waals surface area contributed by atoms with Crippen molar-refractivity contribution in [2.24, 2.45) is 28.0 Å². The number of hydrogen-bond acceptors (Lipinski definition) is 9. The van der Waals surface area contributed by atoms with Crippen molar-refractivity contribution in [1.82, 2.24) is 15.7 Å². The van der Waals surface area contributed by atoms with Crippen LogP contribution in [0.2, 0.25) is 0 Å². The number of aliphatic imine (C=N–C) groups is 1. The van der Waals surface area contributed by atoms with E-state index in [0.29, 0.717) is 51.0 Å². The van der Waals surface area contributed by atoms with Crippen molar-refractivity contribution in [3.05, 3.63) is 94.7 Å². The van der Waals surface area contributed by atoms with E-state index in [-0.39, 0.29) is 23.8 Å². The van der Waals surface area contributed by atoms with E-state index in [1.807, 2.05) is 37.8 Å². The first-order valence-corrected chi connectivity index (χ1v) is 17.3. The van der Waals surface area contributed by atoms with Crippen LogP contribution < -0.4 is 16.5 Å².